The average molecular weight is 1060 g/mol. The van der Waals surface area contributed by atoms with E-state index < -0.39 is 17.2 Å². The summed E-state index contributed by atoms with van der Waals surface area (Å²) in [5.74, 6) is 4.56. The molecule has 2 aromatic heterocycles. The third-order valence-electron chi connectivity index (χ3n) is 21.5. The number of aromatic nitrogens is 6. The van der Waals surface area contributed by atoms with Crippen LogP contribution in [-0.2, 0) is 22.7 Å². The molecule has 0 spiro atoms. The van der Waals surface area contributed by atoms with Gasteiger partial charge in [0.25, 0.3) is 0 Å². The quantitative estimate of drug-likeness (QED) is 0.173. The molecule has 8 fully saturated rings. The maximum atomic E-state index is 13.6. The van der Waals surface area contributed by atoms with Gasteiger partial charge in [-0.2, -0.15) is 19.8 Å². The number of ketones is 3. The number of carboxylic acids is 1. The highest BCUT2D eigenvalue weighted by molar-refractivity contribution is 5.94. The van der Waals surface area contributed by atoms with Crippen molar-refractivity contribution >= 4 is 23.3 Å². The van der Waals surface area contributed by atoms with Crippen LogP contribution in [0.2, 0.25) is 0 Å². The van der Waals surface area contributed by atoms with Crippen LogP contribution < -0.4 is 5.73 Å². The maximum absolute atomic E-state index is 13.6. The van der Waals surface area contributed by atoms with Crippen LogP contribution in [0.3, 0.4) is 0 Å². The molecule has 0 amide bonds. The van der Waals surface area contributed by atoms with E-state index in [0.717, 1.165) is 83.0 Å². The first kappa shape index (κ1) is 63.5. The number of carbonyl (C=O) groups is 4. The smallest absolute Gasteiger partial charge is 0.358 e. The van der Waals surface area contributed by atoms with E-state index in [4.69, 9.17) is 10.8 Å². The lowest BCUT2D eigenvalue weighted by molar-refractivity contribution is -0.151. The van der Waals surface area contributed by atoms with Gasteiger partial charge in [-0.1, -0.05) is 70.7 Å². The molecule has 14 nitrogen and oxygen atoms in total. The molecule has 5 N–H and O–H groups in total. The van der Waals surface area contributed by atoms with E-state index in [1.165, 1.54) is 60.5 Å². The number of carbonyl (C=O) groups excluding carboxylic acids is 3. The minimum absolute atomic E-state index is 0. The van der Waals surface area contributed by atoms with Crippen LogP contribution in [0.25, 0.3) is 0 Å². The second-order valence-electron chi connectivity index (χ2n) is 29.3. The number of aromatic carboxylic acids is 1. The molecular weight excluding hydrogens is 955 g/mol. The van der Waals surface area contributed by atoms with Crippen molar-refractivity contribution in [3.63, 3.8) is 0 Å². The molecule has 2 heterocycles. The summed E-state index contributed by atoms with van der Waals surface area (Å²) in [5.41, 5.74) is 5.22. The summed E-state index contributed by atoms with van der Waals surface area (Å²) < 4.78 is 0. The third-order valence-corrected chi connectivity index (χ3v) is 21.5. The minimum Gasteiger partial charge on any atom is -0.476 e. The fraction of sp³-hybridized carbons (Fsp3) is 0.871. The SMILES string of the molecule is C.C.C.CC(C)(C)CC(=O)c1cnn(CC(=O)[C@H]2CC[C@H]3[C@@H]4CC[C@@H]5C[C@](C)(O)CC[C@]5(C)[C@H]4CC[C@]23C)n1.CC(C)(C)N.C[C@@]1(O)CC[C@@]2(C)[C@H](CC[C@@H]3[C@@H]2CC[C@]2(C)[C@@H](C(=O)Cn4ncc(C(=O)O)n4)CC[C@@H]32)C1. The van der Waals surface area contributed by atoms with Gasteiger partial charge in [-0.25, -0.2) is 4.79 Å². The molecule has 0 aromatic carbocycles. The topological polar surface area (TPSA) is 216 Å². The number of aliphatic hydroxyl groups is 2. The summed E-state index contributed by atoms with van der Waals surface area (Å²) in [4.78, 5) is 53.2. The van der Waals surface area contributed by atoms with Crippen molar-refractivity contribution in [1.82, 2.24) is 30.0 Å². The van der Waals surface area contributed by atoms with Crippen LogP contribution in [0.15, 0.2) is 12.4 Å². The molecule has 8 saturated carbocycles. The van der Waals surface area contributed by atoms with Gasteiger partial charge in [-0.05, 0) is 225 Å². The standard InChI is InChI=1S/C30H47N3O3.C25H37N3O4.C4H11N.3CH4/c1-27(2,3)16-25(34)24-17-31-33(32-24)18-26(35)23-10-9-21-20-8-7-19-15-28(4,36)13-14-29(19,5)22(20)11-12-30(21,23)6;1-23(32)10-11-24(2)15(12-23)4-5-16-17-6-7-19(25(17,3)9-8-18(16)24)21(29)14-28-26-13-20(27-28)22(30)31;1-4(2,3)5;;;/h17,19-23,36H,7-16,18H2,1-6H3;13,15-19,32H,4-12,14H2,1-3H3,(H,30,31);5H2,1-3H3;3*1H4/t19-,20+,21+,22+,23-,28-,29+,30+;15-,16+,17+,18+,19-,23-,24+,25+;;;;/m11..../s1. The predicted octanol–water partition coefficient (Wildman–Crippen LogP) is 12.5. The highest BCUT2D eigenvalue weighted by Gasteiger charge is 2.63. The normalized spacial score (nSPS) is 40.0. The molecular formula is C62H107N7O7. The first-order chi connectivity index (χ1) is 33.8. The van der Waals surface area contributed by atoms with E-state index in [9.17, 15) is 29.4 Å². The van der Waals surface area contributed by atoms with Gasteiger partial charge in [-0.15, -0.1) is 10.2 Å². The molecule has 0 saturated heterocycles. The van der Waals surface area contributed by atoms with Crippen LogP contribution in [-0.4, -0.2) is 85.4 Å². The zero-order chi connectivity index (χ0) is 53.5. The van der Waals surface area contributed by atoms with Crippen molar-refractivity contribution in [1.29, 1.82) is 0 Å². The van der Waals surface area contributed by atoms with Crippen molar-refractivity contribution in [2.75, 3.05) is 0 Å². The number of rotatable bonds is 9. The Morgan fingerprint density at radius 1 is 0.553 bits per heavy atom. The first-order valence-corrected chi connectivity index (χ1v) is 28.6. The van der Waals surface area contributed by atoms with Crippen molar-refractivity contribution in [3.05, 3.63) is 23.8 Å². The maximum Gasteiger partial charge on any atom is 0.358 e. The first-order valence-electron chi connectivity index (χ1n) is 28.6. The summed E-state index contributed by atoms with van der Waals surface area (Å²) in [7, 11) is 0. The van der Waals surface area contributed by atoms with Crippen LogP contribution in [0.4, 0.5) is 0 Å². The number of Topliss-reactive ketones (excluding diaryl/α,β-unsaturated/α-hetero) is 3. The van der Waals surface area contributed by atoms with Gasteiger partial charge in [0, 0.05) is 23.8 Å². The summed E-state index contributed by atoms with van der Waals surface area (Å²) in [6.45, 7) is 26.0. The van der Waals surface area contributed by atoms with Gasteiger partial charge < -0.3 is 21.1 Å². The number of fused-ring (bicyclic) bond motifs is 10. The molecule has 0 bridgehead atoms. The highest BCUT2D eigenvalue weighted by atomic mass is 16.4. The Morgan fingerprint density at radius 3 is 1.29 bits per heavy atom. The van der Waals surface area contributed by atoms with E-state index in [0.29, 0.717) is 64.4 Å². The van der Waals surface area contributed by atoms with Gasteiger partial charge in [0.1, 0.15) is 18.8 Å². The predicted molar refractivity (Wildman–Crippen MR) is 301 cm³/mol. The van der Waals surface area contributed by atoms with Crippen LogP contribution >= 0.6 is 0 Å². The molecule has 16 atom stereocenters. The Bertz CT molecular complexity index is 2350. The molecule has 2 aromatic rings. The Morgan fingerprint density at radius 2 is 0.921 bits per heavy atom. The number of carboxylic acid groups (broad SMARTS) is 1. The lowest BCUT2D eigenvalue weighted by Gasteiger charge is -2.61. The Kier molecular flexibility index (Phi) is 18.9. The molecule has 432 valence electrons. The Balaban J connectivity index is 0.000000250. The number of nitrogens with two attached hydrogens (primary N) is 1. The summed E-state index contributed by atoms with van der Waals surface area (Å²) in [6, 6.07) is 0. The van der Waals surface area contributed by atoms with E-state index in [1.807, 2.05) is 55.4 Å². The van der Waals surface area contributed by atoms with Gasteiger partial charge in [0.15, 0.2) is 23.0 Å². The van der Waals surface area contributed by atoms with E-state index in [-0.39, 0.29) is 92.0 Å². The summed E-state index contributed by atoms with van der Waals surface area (Å²) in [5, 5.41) is 47.1. The third kappa shape index (κ3) is 12.8. The van der Waals surface area contributed by atoms with Crippen LogP contribution in [0.1, 0.15) is 248 Å². The molecule has 8 aliphatic carbocycles. The van der Waals surface area contributed by atoms with Crippen molar-refractivity contribution in [2.45, 2.75) is 257 Å². The molecule has 0 unspecified atom stereocenters. The Labute approximate surface area is 459 Å². The van der Waals surface area contributed by atoms with Crippen LogP contribution in [0.5, 0.6) is 0 Å². The fourth-order valence-electron chi connectivity index (χ4n) is 18.0. The molecule has 8 aliphatic rings. The lowest BCUT2D eigenvalue weighted by Crippen LogP contribution is -2.55. The fourth-order valence-corrected chi connectivity index (χ4v) is 18.0. The number of hydrogen-bond donors (Lipinski definition) is 4. The molecule has 0 radical (unpaired) electrons. The monoisotopic (exact) mass is 1060 g/mol. The summed E-state index contributed by atoms with van der Waals surface area (Å²) in [6.07, 6.45) is 22.8. The second kappa shape index (κ2) is 22.6. The van der Waals surface area contributed by atoms with Crippen molar-refractivity contribution in [2.24, 2.45) is 92.0 Å². The molecule has 10 rings (SSSR count). The van der Waals surface area contributed by atoms with E-state index in [2.05, 4.69) is 48.1 Å². The lowest BCUT2D eigenvalue weighted by atomic mass is 9.44. The second-order valence-corrected chi connectivity index (χ2v) is 29.3. The largest absolute Gasteiger partial charge is 0.476 e. The zero-order valence-corrected chi connectivity index (χ0v) is 47.0. The van der Waals surface area contributed by atoms with Crippen molar-refractivity contribution in [3.8, 4) is 0 Å². The van der Waals surface area contributed by atoms with E-state index in [1.54, 1.807) is 0 Å². The molecule has 14 heteroatoms. The highest BCUT2D eigenvalue weighted by Crippen LogP contribution is 2.70. The Hall–Kier alpha value is -3.36. The van der Waals surface area contributed by atoms with Gasteiger partial charge >= 0.3 is 5.97 Å². The van der Waals surface area contributed by atoms with Crippen LogP contribution in [0, 0.1) is 86.3 Å². The average Bonchev–Trinajstić information content (AvgIpc) is 4.08. The van der Waals surface area contributed by atoms with Gasteiger partial charge in [-0.3, -0.25) is 14.4 Å². The van der Waals surface area contributed by atoms with E-state index >= 15 is 0 Å². The van der Waals surface area contributed by atoms with Crippen molar-refractivity contribution < 1.29 is 34.5 Å². The summed E-state index contributed by atoms with van der Waals surface area (Å²) >= 11 is 0. The molecule has 76 heavy (non-hydrogen) atoms. The minimum atomic E-state index is -1.12. The number of hydrogen-bond acceptors (Lipinski definition) is 11. The van der Waals surface area contributed by atoms with Gasteiger partial charge in [0.2, 0.25) is 0 Å². The zero-order valence-electron chi connectivity index (χ0n) is 47.0. The van der Waals surface area contributed by atoms with Gasteiger partial charge in [0.05, 0.1) is 23.6 Å². The number of nitrogens with zero attached hydrogens (tertiary/aromatic N) is 6. The molecule has 0 aliphatic heterocycles.